The van der Waals surface area contributed by atoms with E-state index in [9.17, 15) is 0 Å². The normalized spacial score (nSPS) is 11.4. The molecule has 0 aliphatic heterocycles. The number of ether oxygens (including phenoxy) is 1. The molecule has 0 heterocycles. The Morgan fingerprint density at radius 3 is 2.53 bits per heavy atom. The lowest BCUT2D eigenvalue weighted by Crippen LogP contribution is -2.26. The molecule has 0 aliphatic rings. The smallest absolute Gasteiger partial charge is 0.123 e. The van der Waals surface area contributed by atoms with Crippen molar-refractivity contribution < 1.29 is 4.74 Å². The maximum absolute atomic E-state index is 6.18. The van der Waals surface area contributed by atoms with Gasteiger partial charge in [0.25, 0.3) is 0 Å². The molecule has 0 bridgehead atoms. The molecule has 0 aromatic heterocycles. The van der Waals surface area contributed by atoms with E-state index in [1.807, 2.05) is 26.1 Å². The van der Waals surface area contributed by atoms with Crippen LogP contribution in [0.5, 0.6) is 5.75 Å². The first-order chi connectivity index (χ1) is 8.95. The Bertz CT molecular complexity index is 407. The number of benzene rings is 1. The number of likely N-dealkylation sites (N-methyl/N-ethyl adjacent to an activating group) is 1. The molecule has 1 aromatic rings. The molecule has 0 atom stereocenters. The van der Waals surface area contributed by atoms with Gasteiger partial charge in [-0.25, -0.2) is 0 Å². The number of hydrogen-bond acceptors (Lipinski definition) is 2. The average molecular weight is 304 g/mol. The lowest BCUT2D eigenvalue weighted by molar-refractivity contribution is 0.242. The van der Waals surface area contributed by atoms with Gasteiger partial charge in [-0.1, -0.05) is 25.4 Å². The van der Waals surface area contributed by atoms with Crippen molar-refractivity contribution in [3.63, 3.8) is 0 Å². The van der Waals surface area contributed by atoms with Crippen LogP contribution in [0.1, 0.15) is 30.9 Å². The summed E-state index contributed by atoms with van der Waals surface area (Å²) in [5, 5.41) is 0.801. The summed E-state index contributed by atoms with van der Waals surface area (Å²) >= 11 is 11.9. The number of aryl methyl sites for hydroxylation is 1. The topological polar surface area (TPSA) is 12.5 Å². The zero-order valence-electron chi connectivity index (χ0n) is 12.2. The summed E-state index contributed by atoms with van der Waals surface area (Å²) in [6, 6.07) is 4.04. The second kappa shape index (κ2) is 7.98. The Morgan fingerprint density at radius 1 is 1.26 bits per heavy atom. The zero-order valence-corrected chi connectivity index (χ0v) is 13.7. The van der Waals surface area contributed by atoms with Crippen molar-refractivity contribution in [3.05, 3.63) is 28.3 Å². The largest absolute Gasteiger partial charge is 0.492 e. The van der Waals surface area contributed by atoms with E-state index in [4.69, 9.17) is 27.9 Å². The molecule has 4 heteroatoms. The second-order valence-corrected chi connectivity index (χ2v) is 5.92. The number of rotatable bonds is 7. The first-order valence-electron chi connectivity index (χ1n) is 6.63. The van der Waals surface area contributed by atoms with Crippen molar-refractivity contribution >= 4 is 23.2 Å². The van der Waals surface area contributed by atoms with Crippen molar-refractivity contribution in [1.82, 2.24) is 4.90 Å². The van der Waals surface area contributed by atoms with Gasteiger partial charge in [-0.05, 0) is 43.1 Å². The van der Waals surface area contributed by atoms with Crippen LogP contribution in [0.2, 0.25) is 5.02 Å². The van der Waals surface area contributed by atoms with E-state index in [1.165, 1.54) is 0 Å². The van der Waals surface area contributed by atoms with E-state index in [1.54, 1.807) is 0 Å². The summed E-state index contributed by atoms with van der Waals surface area (Å²) in [6.45, 7) is 8.70. The van der Waals surface area contributed by atoms with Gasteiger partial charge in [0.05, 0.1) is 0 Å². The highest BCUT2D eigenvalue weighted by atomic mass is 35.5. The first kappa shape index (κ1) is 16.6. The maximum Gasteiger partial charge on any atom is 0.123 e. The fraction of sp³-hybridized carbons (Fsp3) is 0.600. The summed E-state index contributed by atoms with van der Waals surface area (Å²) in [5.41, 5.74) is 2.21. The summed E-state index contributed by atoms with van der Waals surface area (Å²) in [4.78, 5) is 2.16. The quantitative estimate of drug-likeness (QED) is 0.696. The maximum atomic E-state index is 6.18. The fourth-order valence-electron chi connectivity index (χ4n) is 1.81. The predicted molar refractivity (Wildman–Crippen MR) is 84.0 cm³/mol. The van der Waals surface area contributed by atoms with E-state index in [0.29, 0.717) is 18.4 Å². The summed E-state index contributed by atoms with van der Waals surface area (Å²) < 4.78 is 5.91. The molecule has 1 rings (SSSR count). The van der Waals surface area contributed by atoms with Crippen LogP contribution >= 0.6 is 23.2 Å². The highest BCUT2D eigenvalue weighted by molar-refractivity contribution is 6.31. The van der Waals surface area contributed by atoms with Crippen molar-refractivity contribution in [2.75, 3.05) is 32.6 Å². The van der Waals surface area contributed by atoms with Gasteiger partial charge in [-0.15, -0.1) is 11.6 Å². The number of alkyl halides is 1. The molecule has 0 saturated carbocycles. The van der Waals surface area contributed by atoms with E-state index in [2.05, 4.69) is 18.7 Å². The minimum absolute atomic E-state index is 0.397. The Kier molecular flexibility index (Phi) is 6.98. The average Bonchev–Trinajstić information content (AvgIpc) is 2.33. The van der Waals surface area contributed by atoms with Crippen LogP contribution in [0.15, 0.2) is 12.1 Å². The Labute approximate surface area is 126 Å². The van der Waals surface area contributed by atoms with Gasteiger partial charge in [-0.2, -0.15) is 0 Å². The van der Waals surface area contributed by atoms with Crippen LogP contribution in [0.25, 0.3) is 0 Å². The molecule has 0 spiro atoms. The highest BCUT2D eigenvalue weighted by Gasteiger charge is 2.11. The molecule has 0 N–H and O–H groups in total. The van der Waals surface area contributed by atoms with Crippen LogP contribution in [0.4, 0.5) is 0 Å². The summed E-state index contributed by atoms with van der Waals surface area (Å²) in [7, 11) is 2.04. The molecular weight excluding hydrogens is 281 g/mol. The van der Waals surface area contributed by atoms with Crippen molar-refractivity contribution in [3.8, 4) is 5.75 Å². The monoisotopic (exact) mass is 303 g/mol. The molecule has 0 aliphatic carbocycles. The van der Waals surface area contributed by atoms with Crippen LogP contribution in [0, 0.1) is 6.92 Å². The standard InChI is InChI=1S/C15H23Cl2NO/c1-11(2)13-10-14(17)12(3)9-15(13)19-8-7-18(4)6-5-16/h9-11H,5-8H2,1-4H3. The third-order valence-corrected chi connectivity index (χ3v) is 3.69. The summed E-state index contributed by atoms with van der Waals surface area (Å²) in [5.74, 6) is 1.98. The van der Waals surface area contributed by atoms with Gasteiger partial charge in [-0.3, -0.25) is 0 Å². The lowest BCUT2D eigenvalue weighted by Gasteiger charge is -2.19. The Hall–Kier alpha value is -0.440. The molecule has 0 saturated heterocycles. The van der Waals surface area contributed by atoms with Gasteiger partial charge in [0.15, 0.2) is 0 Å². The minimum atomic E-state index is 0.397. The van der Waals surface area contributed by atoms with E-state index < -0.39 is 0 Å². The Balaban J connectivity index is 2.69. The van der Waals surface area contributed by atoms with Gasteiger partial charge in [0.1, 0.15) is 12.4 Å². The zero-order chi connectivity index (χ0) is 14.4. The van der Waals surface area contributed by atoms with Crippen LogP contribution in [-0.2, 0) is 0 Å². The van der Waals surface area contributed by atoms with E-state index in [0.717, 1.165) is 35.0 Å². The van der Waals surface area contributed by atoms with E-state index >= 15 is 0 Å². The van der Waals surface area contributed by atoms with Crippen molar-refractivity contribution in [2.24, 2.45) is 0 Å². The predicted octanol–water partition coefficient (Wildman–Crippen LogP) is 4.32. The molecule has 0 unspecified atom stereocenters. The number of nitrogens with zero attached hydrogens (tertiary/aromatic N) is 1. The molecular formula is C15H23Cl2NO. The molecule has 1 aromatic carbocycles. The van der Waals surface area contributed by atoms with Gasteiger partial charge in [0.2, 0.25) is 0 Å². The van der Waals surface area contributed by atoms with Crippen molar-refractivity contribution in [2.45, 2.75) is 26.7 Å². The molecule has 0 fully saturated rings. The molecule has 108 valence electrons. The molecule has 19 heavy (non-hydrogen) atoms. The van der Waals surface area contributed by atoms with Gasteiger partial charge >= 0.3 is 0 Å². The number of hydrogen-bond donors (Lipinski definition) is 0. The third-order valence-electron chi connectivity index (χ3n) is 3.11. The number of halogens is 2. The third kappa shape index (κ3) is 5.21. The van der Waals surface area contributed by atoms with Crippen LogP contribution in [-0.4, -0.2) is 37.5 Å². The van der Waals surface area contributed by atoms with Crippen LogP contribution < -0.4 is 4.74 Å². The van der Waals surface area contributed by atoms with Crippen molar-refractivity contribution in [1.29, 1.82) is 0 Å². The highest BCUT2D eigenvalue weighted by Crippen LogP contribution is 2.31. The molecule has 0 radical (unpaired) electrons. The minimum Gasteiger partial charge on any atom is -0.492 e. The second-order valence-electron chi connectivity index (χ2n) is 5.13. The summed E-state index contributed by atoms with van der Waals surface area (Å²) in [6.07, 6.45) is 0. The molecule has 2 nitrogen and oxygen atoms in total. The van der Waals surface area contributed by atoms with Gasteiger partial charge in [0, 0.05) is 24.0 Å². The first-order valence-corrected chi connectivity index (χ1v) is 7.54. The van der Waals surface area contributed by atoms with Gasteiger partial charge < -0.3 is 9.64 Å². The van der Waals surface area contributed by atoms with E-state index in [-0.39, 0.29) is 0 Å². The lowest BCUT2D eigenvalue weighted by atomic mass is 10.0. The van der Waals surface area contributed by atoms with Crippen LogP contribution in [0.3, 0.4) is 0 Å². The Morgan fingerprint density at radius 2 is 1.95 bits per heavy atom. The molecule has 0 amide bonds. The SMILES string of the molecule is Cc1cc(OCCN(C)CCCl)c(C(C)C)cc1Cl. The fourth-order valence-corrected chi connectivity index (χ4v) is 2.27.